The number of aromatic nitrogens is 2. The third kappa shape index (κ3) is 11.8. The molecule has 0 spiro atoms. The van der Waals surface area contributed by atoms with Gasteiger partial charge in [-0.1, -0.05) is 39.8 Å². The van der Waals surface area contributed by atoms with Crippen molar-refractivity contribution in [3.8, 4) is 0 Å². The van der Waals surface area contributed by atoms with Crippen molar-refractivity contribution in [3.05, 3.63) is 36.4 Å². The lowest BCUT2D eigenvalue weighted by molar-refractivity contribution is 0.352. The number of nitrogens with two attached hydrogens (primary N) is 2. The summed E-state index contributed by atoms with van der Waals surface area (Å²) in [6.07, 6.45) is 12.5. The van der Waals surface area contributed by atoms with Crippen LogP contribution in [0, 0.1) is 22.7 Å². The first-order valence-electron chi connectivity index (χ1n) is 15.0. The zero-order valence-corrected chi connectivity index (χ0v) is 27.2. The largest absolute Gasteiger partial charge is 0.370 e. The molecule has 2 heterocycles. The van der Waals surface area contributed by atoms with Gasteiger partial charge in [0.1, 0.15) is 11.6 Å². The van der Waals surface area contributed by atoms with E-state index in [1.807, 2.05) is 0 Å². The summed E-state index contributed by atoms with van der Waals surface area (Å²) in [5.74, 6) is 2.78. The van der Waals surface area contributed by atoms with Crippen LogP contribution in [0.4, 0.5) is 11.6 Å². The first kappa shape index (κ1) is 34.2. The van der Waals surface area contributed by atoms with E-state index in [4.69, 9.17) is 10.3 Å². The molecule has 0 saturated heterocycles. The summed E-state index contributed by atoms with van der Waals surface area (Å²) < 4.78 is 44.9. The van der Waals surface area contributed by atoms with Crippen LogP contribution in [0.5, 0.6) is 0 Å². The van der Waals surface area contributed by atoms with Crippen LogP contribution in [0.15, 0.2) is 46.5 Å². The number of primary sulfonamides is 2. The maximum absolute atomic E-state index is 11.2. The predicted molar refractivity (Wildman–Crippen MR) is 169 cm³/mol. The fraction of sp³-hybridized carbons (Fsp3) is 0.667. The molecule has 4 rings (SSSR count). The Labute approximate surface area is 253 Å². The molecule has 2 aliphatic carbocycles. The molecule has 0 aromatic carbocycles. The second-order valence-electron chi connectivity index (χ2n) is 13.5. The van der Waals surface area contributed by atoms with Crippen LogP contribution in [0.3, 0.4) is 0 Å². The van der Waals surface area contributed by atoms with Crippen LogP contribution in [-0.2, 0) is 20.0 Å². The summed E-state index contributed by atoms with van der Waals surface area (Å²) >= 11 is 0. The highest BCUT2D eigenvalue weighted by Gasteiger charge is 2.31. The van der Waals surface area contributed by atoms with Crippen LogP contribution in [-0.4, -0.2) is 39.9 Å². The van der Waals surface area contributed by atoms with E-state index in [-0.39, 0.29) is 10.1 Å². The van der Waals surface area contributed by atoms with E-state index in [0.29, 0.717) is 22.5 Å². The second kappa shape index (κ2) is 14.5. The van der Waals surface area contributed by atoms with Gasteiger partial charge in [0.05, 0.1) is 0 Å². The molecule has 0 bridgehead atoms. The van der Waals surface area contributed by atoms with Gasteiger partial charge >= 0.3 is 0 Å². The number of nitrogens with one attached hydrogen (secondary N) is 2. The van der Waals surface area contributed by atoms with Crippen molar-refractivity contribution in [2.75, 3.05) is 23.7 Å². The molecule has 0 radical (unpaired) electrons. The number of sulfonamides is 2. The molecular weight excluding hydrogens is 573 g/mol. The fourth-order valence-corrected chi connectivity index (χ4v) is 7.20. The quantitative estimate of drug-likeness (QED) is 0.225. The van der Waals surface area contributed by atoms with Crippen LogP contribution in [0.25, 0.3) is 0 Å². The SMILES string of the molecule is CC1(C)CCC(CCCNc2cccc(S(N)(=O)=O)n2)C1.CC1(C)CC[C@@H](CCCNc2cccc(S(N)(=O)=O)n2)C1. The van der Waals surface area contributed by atoms with Gasteiger partial charge in [-0.25, -0.2) is 37.1 Å². The van der Waals surface area contributed by atoms with Gasteiger partial charge in [0.2, 0.25) is 0 Å². The van der Waals surface area contributed by atoms with Gasteiger partial charge in [0, 0.05) is 13.1 Å². The van der Waals surface area contributed by atoms with Crippen molar-refractivity contribution in [1.29, 1.82) is 0 Å². The fourth-order valence-electron chi connectivity index (χ4n) is 6.21. The van der Waals surface area contributed by atoms with E-state index in [2.05, 4.69) is 48.3 Å². The second-order valence-corrected chi connectivity index (χ2v) is 16.5. The Hall–Kier alpha value is -2.28. The zero-order valence-electron chi connectivity index (χ0n) is 25.6. The van der Waals surface area contributed by atoms with E-state index in [0.717, 1.165) is 37.8 Å². The number of rotatable bonds is 12. The molecule has 2 aliphatic rings. The molecule has 2 aromatic rings. The standard InChI is InChI=1S/2C15H25N3O2S/c2*1-15(2)9-8-12(11-15)5-4-10-17-13-6-3-7-14(18-13)21(16,19)20/h2*3,6-7,12H,4-5,8-11H2,1-2H3,(H,17,18)(H2,16,19,20)/t12-;/m1./s1. The molecule has 2 saturated carbocycles. The average molecular weight is 623 g/mol. The molecule has 42 heavy (non-hydrogen) atoms. The normalized spacial score (nSPS) is 21.4. The lowest BCUT2D eigenvalue weighted by Crippen LogP contribution is -2.15. The lowest BCUT2D eigenvalue weighted by Gasteiger charge is -2.17. The van der Waals surface area contributed by atoms with E-state index in [1.165, 1.54) is 63.5 Å². The topological polar surface area (TPSA) is 170 Å². The first-order chi connectivity index (χ1) is 19.5. The Kier molecular flexibility index (Phi) is 11.8. The van der Waals surface area contributed by atoms with Crippen molar-refractivity contribution in [2.45, 2.75) is 102 Å². The third-order valence-corrected chi connectivity index (χ3v) is 9.98. The minimum Gasteiger partial charge on any atom is -0.370 e. The van der Waals surface area contributed by atoms with Crippen LogP contribution < -0.4 is 20.9 Å². The highest BCUT2D eigenvalue weighted by Crippen LogP contribution is 2.43. The van der Waals surface area contributed by atoms with Gasteiger partial charge in [-0.2, -0.15) is 0 Å². The molecular formula is C30H50N6O4S2. The average Bonchev–Trinajstić information content (AvgIpc) is 3.44. The molecule has 0 amide bonds. The molecule has 2 aromatic heterocycles. The minimum absolute atomic E-state index is 0.0926. The Balaban J connectivity index is 0.000000230. The molecule has 1 unspecified atom stereocenters. The summed E-state index contributed by atoms with van der Waals surface area (Å²) in [5, 5.41) is 16.3. The molecule has 2 fully saturated rings. The van der Waals surface area contributed by atoms with Gasteiger partial charge < -0.3 is 10.6 Å². The minimum atomic E-state index is -3.73. The molecule has 12 heteroatoms. The van der Waals surface area contributed by atoms with Crippen molar-refractivity contribution in [1.82, 2.24) is 9.97 Å². The number of hydrogen-bond acceptors (Lipinski definition) is 8. The zero-order chi connectivity index (χ0) is 31.0. The number of nitrogens with zero attached hydrogens (tertiary/aromatic N) is 2. The summed E-state index contributed by atoms with van der Waals surface area (Å²) in [6, 6.07) is 9.62. The van der Waals surface area contributed by atoms with Gasteiger partial charge in [0.25, 0.3) is 20.0 Å². The molecule has 236 valence electrons. The Morgan fingerprint density at radius 1 is 0.714 bits per heavy atom. The van der Waals surface area contributed by atoms with Crippen LogP contribution in [0.2, 0.25) is 0 Å². The summed E-state index contributed by atoms with van der Waals surface area (Å²) in [4.78, 5) is 8.02. The Bertz CT molecular complexity index is 1270. The monoisotopic (exact) mass is 622 g/mol. The van der Waals surface area contributed by atoms with Crippen molar-refractivity contribution in [2.24, 2.45) is 32.9 Å². The van der Waals surface area contributed by atoms with Crippen LogP contribution in [0.1, 0.15) is 91.9 Å². The van der Waals surface area contributed by atoms with E-state index in [9.17, 15) is 16.8 Å². The number of anilines is 2. The van der Waals surface area contributed by atoms with Gasteiger partial charge in [-0.3, -0.25) is 0 Å². The first-order valence-corrected chi connectivity index (χ1v) is 18.1. The van der Waals surface area contributed by atoms with E-state index in [1.54, 1.807) is 24.3 Å². The predicted octanol–water partition coefficient (Wildman–Crippen LogP) is 5.49. The smallest absolute Gasteiger partial charge is 0.255 e. The van der Waals surface area contributed by atoms with Gasteiger partial charge in [0.15, 0.2) is 10.1 Å². The maximum atomic E-state index is 11.2. The molecule has 6 N–H and O–H groups in total. The molecule has 0 aliphatic heterocycles. The number of hydrogen-bond donors (Lipinski definition) is 4. The van der Waals surface area contributed by atoms with E-state index >= 15 is 0 Å². The van der Waals surface area contributed by atoms with Gasteiger partial charge in [-0.15, -0.1) is 0 Å². The molecule has 2 atom stereocenters. The van der Waals surface area contributed by atoms with Crippen LogP contribution >= 0.6 is 0 Å². The summed E-state index contributed by atoms with van der Waals surface area (Å²) in [7, 11) is -7.47. The van der Waals surface area contributed by atoms with Crippen molar-refractivity contribution in [3.63, 3.8) is 0 Å². The maximum Gasteiger partial charge on any atom is 0.255 e. The van der Waals surface area contributed by atoms with Gasteiger partial charge in [-0.05, 0) is 111 Å². The molecule has 10 nitrogen and oxygen atoms in total. The Morgan fingerprint density at radius 3 is 1.40 bits per heavy atom. The van der Waals surface area contributed by atoms with Crippen molar-refractivity contribution < 1.29 is 16.8 Å². The number of pyridine rings is 2. The summed E-state index contributed by atoms with van der Waals surface area (Å²) in [5.41, 5.74) is 1.01. The highest BCUT2D eigenvalue weighted by atomic mass is 32.2. The van der Waals surface area contributed by atoms with Crippen molar-refractivity contribution >= 4 is 31.7 Å². The third-order valence-electron chi connectivity index (χ3n) is 8.36. The van der Waals surface area contributed by atoms with E-state index < -0.39 is 20.0 Å². The Morgan fingerprint density at radius 2 is 1.10 bits per heavy atom. The lowest BCUT2D eigenvalue weighted by atomic mass is 9.89. The highest BCUT2D eigenvalue weighted by molar-refractivity contribution is 7.89. The summed E-state index contributed by atoms with van der Waals surface area (Å²) in [6.45, 7) is 11.0.